The fourth-order valence-corrected chi connectivity index (χ4v) is 8.18. The van der Waals surface area contributed by atoms with Crippen molar-refractivity contribution in [3.63, 3.8) is 0 Å². The molecule has 2 bridgehead atoms. The van der Waals surface area contributed by atoms with E-state index in [0.29, 0.717) is 30.0 Å². The number of ether oxygens (including phenoxy) is 2. The normalized spacial score (nSPS) is 28.5. The number of aliphatic hydroxyl groups is 1. The third-order valence-electron chi connectivity index (χ3n) is 10.4. The van der Waals surface area contributed by atoms with Crippen LogP contribution in [0.5, 0.6) is 5.75 Å². The van der Waals surface area contributed by atoms with Gasteiger partial charge >= 0.3 is 0 Å². The van der Waals surface area contributed by atoms with Gasteiger partial charge in [0.15, 0.2) is 0 Å². The first-order valence-corrected chi connectivity index (χ1v) is 16.6. The maximum absolute atomic E-state index is 15.0. The van der Waals surface area contributed by atoms with E-state index in [4.69, 9.17) is 9.47 Å². The van der Waals surface area contributed by atoms with Crippen LogP contribution in [-0.2, 0) is 19.1 Å². The van der Waals surface area contributed by atoms with Gasteiger partial charge in [-0.15, -0.1) is 13.2 Å². The van der Waals surface area contributed by atoms with E-state index < -0.39 is 47.3 Å². The molecular weight excluding hydrogens is 594 g/mol. The Morgan fingerprint density at radius 2 is 1.72 bits per heavy atom. The van der Waals surface area contributed by atoms with Gasteiger partial charge < -0.3 is 29.3 Å². The Kier molecular flexibility index (Phi) is 9.45. The molecule has 3 amide bonds. The van der Waals surface area contributed by atoms with Crippen molar-refractivity contribution in [2.75, 3.05) is 31.2 Å². The minimum Gasteiger partial charge on any atom is -0.494 e. The first-order chi connectivity index (χ1) is 22.3. The van der Waals surface area contributed by atoms with Gasteiger partial charge in [-0.3, -0.25) is 14.4 Å². The lowest BCUT2D eigenvalue weighted by Crippen LogP contribution is -2.60. The van der Waals surface area contributed by atoms with Crippen molar-refractivity contribution in [2.45, 2.75) is 76.8 Å². The molecule has 3 aliphatic heterocycles. The summed E-state index contributed by atoms with van der Waals surface area (Å²) in [5.74, 6) is -2.21. The van der Waals surface area contributed by atoms with Crippen LogP contribution in [0.2, 0.25) is 0 Å². The third kappa shape index (κ3) is 5.57. The highest BCUT2D eigenvalue weighted by Gasteiger charge is 2.80. The zero-order chi connectivity index (χ0) is 34.3. The second kappa shape index (κ2) is 12.9. The molecule has 3 saturated heterocycles. The Hall–Kier alpha value is -3.95. The number of fused-ring (bicyclic) bond motifs is 1. The number of likely N-dealkylation sites (tertiary alicyclic amines) is 1. The molecule has 0 radical (unpaired) electrons. The Balaban J connectivity index is 1.67. The SMILES string of the molecule is C=CCN(C(=O)[C@@H]1[C@H]2C(=O)N([C@H](CO)c3ccccc3)C(C(=O)N(CC=C)C(C)(C)C)C23CC(C)[C@@]1(C)O3)c1ccc(OCC)cc1. The molecule has 1 N–H and O–H groups in total. The molecule has 3 fully saturated rings. The van der Waals surface area contributed by atoms with E-state index >= 15 is 4.79 Å². The Morgan fingerprint density at radius 3 is 2.28 bits per heavy atom. The maximum Gasteiger partial charge on any atom is 0.249 e. The topological polar surface area (TPSA) is 99.6 Å². The van der Waals surface area contributed by atoms with Crippen LogP contribution in [0.15, 0.2) is 79.9 Å². The van der Waals surface area contributed by atoms with Gasteiger partial charge in [0.25, 0.3) is 0 Å². The molecule has 2 aromatic rings. The van der Waals surface area contributed by atoms with Gasteiger partial charge in [-0.05, 0) is 76.8 Å². The van der Waals surface area contributed by atoms with Crippen LogP contribution in [-0.4, -0.2) is 81.7 Å². The second-order valence-electron chi connectivity index (χ2n) is 14.1. The maximum atomic E-state index is 15.0. The van der Waals surface area contributed by atoms with Crippen molar-refractivity contribution >= 4 is 23.4 Å². The molecule has 3 unspecified atom stereocenters. The largest absolute Gasteiger partial charge is 0.494 e. The molecular formula is C38H49N3O6. The van der Waals surface area contributed by atoms with Gasteiger partial charge in [0.05, 0.1) is 36.7 Å². The molecule has 0 saturated carbocycles. The number of hydrogen-bond donors (Lipinski definition) is 1. The Labute approximate surface area is 278 Å². The summed E-state index contributed by atoms with van der Waals surface area (Å²) in [5, 5.41) is 10.9. The molecule has 0 aliphatic carbocycles. The number of benzene rings is 2. The van der Waals surface area contributed by atoms with E-state index in [-0.39, 0.29) is 36.7 Å². The quantitative estimate of drug-likeness (QED) is 0.321. The summed E-state index contributed by atoms with van der Waals surface area (Å²) in [7, 11) is 0. The summed E-state index contributed by atoms with van der Waals surface area (Å²) < 4.78 is 12.6. The second-order valence-corrected chi connectivity index (χ2v) is 14.1. The molecule has 1 spiro atoms. The zero-order valence-electron chi connectivity index (χ0n) is 28.5. The number of carbonyl (C=O) groups is 3. The molecule has 7 atom stereocenters. The average Bonchev–Trinajstić information content (AvgIpc) is 3.55. The van der Waals surface area contributed by atoms with Gasteiger partial charge in [0.1, 0.15) is 17.4 Å². The van der Waals surface area contributed by atoms with Gasteiger partial charge in [-0.1, -0.05) is 49.4 Å². The minimum atomic E-state index is -1.28. The molecule has 47 heavy (non-hydrogen) atoms. The standard InChI is InChI=1S/C38H49N3O6/c1-9-21-39(27-17-19-28(20-18-27)46-11-3)33(43)30-31-34(44)41(29(24-42)26-15-13-12-14-16-26)32(35(45)40(22-10-2)36(5,6)7)38(31)23-25(4)37(30,8)47-38/h9-10,12-20,25,29-32,42H,1-2,11,21-24H2,3-8H3/t25?,29-,30+,31+,32?,37-,38?/m1/s1. The summed E-state index contributed by atoms with van der Waals surface area (Å²) in [5.41, 5.74) is -1.56. The van der Waals surface area contributed by atoms with E-state index in [1.807, 2.05) is 96.1 Å². The highest BCUT2D eigenvalue weighted by molar-refractivity contribution is 6.04. The monoisotopic (exact) mass is 643 g/mol. The predicted molar refractivity (Wildman–Crippen MR) is 182 cm³/mol. The van der Waals surface area contributed by atoms with Crippen molar-refractivity contribution in [3.05, 3.63) is 85.5 Å². The number of nitrogens with zero attached hydrogens (tertiary/aromatic N) is 3. The van der Waals surface area contributed by atoms with Gasteiger partial charge in [-0.25, -0.2) is 0 Å². The molecule has 0 aromatic heterocycles. The lowest BCUT2D eigenvalue weighted by molar-refractivity contribution is -0.158. The van der Waals surface area contributed by atoms with Crippen molar-refractivity contribution < 1.29 is 29.0 Å². The van der Waals surface area contributed by atoms with Gasteiger partial charge in [-0.2, -0.15) is 0 Å². The minimum absolute atomic E-state index is 0.145. The molecule has 9 nitrogen and oxygen atoms in total. The molecule has 2 aromatic carbocycles. The number of anilines is 1. The number of amides is 3. The highest BCUT2D eigenvalue weighted by Crippen LogP contribution is 2.66. The fraction of sp³-hybridized carbons (Fsp3) is 0.500. The lowest BCUT2D eigenvalue weighted by atomic mass is 9.62. The lowest BCUT2D eigenvalue weighted by Gasteiger charge is -2.43. The van der Waals surface area contributed by atoms with Crippen molar-refractivity contribution in [1.29, 1.82) is 0 Å². The summed E-state index contributed by atoms with van der Waals surface area (Å²) in [4.78, 5) is 49.7. The van der Waals surface area contributed by atoms with E-state index in [0.717, 1.165) is 0 Å². The predicted octanol–water partition coefficient (Wildman–Crippen LogP) is 5.16. The van der Waals surface area contributed by atoms with Crippen molar-refractivity contribution in [2.24, 2.45) is 17.8 Å². The zero-order valence-corrected chi connectivity index (χ0v) is 28.5. The molecule has 3 aliphatic rings. The van der Waals surface area contributed by atoms with E-state index in [1.54, 1.807) is 22.0 Å². The van der Waals surface area contributed by atoms with Gasteiger partial charge in [0, 0.05) is 24.3 Å². The number of aliphatic hydroxyl groups excluding tert-OH is 1. The van der Waals surface area contributed by atoms with Crippen LogP contribution in [0.4, 0.5) is 5.69 Å². The first kappa shape index (κ1) is 34.4. The molecule has 3 heterocycles. The van der Waals surface area contributed by atoms with Crippen molar-refractivity contribution in [1.82, 2.24) is 9.80 Å². The number of carbonyl (C=O) groups excluding carboxylic acids is 3. The van der Waals surface area contributed by atoms with Crippen LogP contribution in [0, 0.1) is 17.8 Å². The Morgan fingerprint density at radius 1 is 1.09 bits per heavy atom. The van der Waals surface area contributed by atoms with Gasteiger partial charge in [0.2, 0.25) is 17.7 Å². The summed E-state index contributed by atoms with van der Waals surface area (Å²) >= 11 is 0. The van der Waals surface area contributed by atoms with E-state index in [2.05, 4.69) is 13.2 Å². The highest BCUT2D eigenvalue weighted by atomic mass is 16.5. The number of rotatable bonds is 12. The summed E-state index contributed by atoms with van der Waals surface area (Å²) in [6, 6.07) is 14.6. The average molecular weight is 644 g/mol. The third-order valence-corrected chi connectivity index (χ3v) is 10.4. The molecule has 252 valence electrons. The number of hydrogen-bond acceptors (Lipinski definition) is 6. The smallest absolute Gasteiger partial charge is 0.249 e. The molecule has 5 rings (SSSR count). The van der Waals surface area contributed by atoms with Crippen LogP contribution < -0.4 is 9.64 Å². The van der Waals surface area contributed by atoms with Crippen LogP contribution >= 0.6 is 0 Å². The van der Waals surface area contributed by atoms with E-state index in [1.165, 1.54) is 4.90 Å². The first-order valence-electron chi connectivity index (χ1n) is 16.6. The molecule has 9 heteroatoms. The van der Waals surface area contributed by atoms with Crippen LogP contribution in [0.25, 0.3) is 0 Å². The summed E-state index contributed by atoms with van der Waals surface area (Å²) in [6.07, 6.45) is 3.75. The fourth-order valence-electron chi connectivity index (χ4n) is 8.18. The summed E-state index contributed by atoms with van der Waals surface area (Å²) in [6.45, 7) is 20.1. The Bertz CT molecular complexity index is 1500. The van der Waals surface area contributed by atoms with Crippen LogP contribution in [0.1, 0.15) is 59.6 Å². The van der Waals surface area contributed by atoms with Crippen LogP contribution in [0.3, 0.4) is 0 Å². The van der Waals surface area contributed by atoms with E-state index in [9.17, 15) is 14.7 Å². The van der Waals surface area contributed by atoms with Crippen molar-refractivity contribution in [3.8, 4) is 5.75 Å².